The highest BCUT2D eigenvalue weighted by Crippen LogP contribution is 2.36. The topological polar surface area (TPSA) is 29.4 Å². The molecule has 0 unspecified atom stereocenters. The van der Waals surface area contributed by atoms with Crippen molar-refractivity contribution in [1.82, 2.24) is 14.8 Å². The Balaban J connectivity index is 1.09. The Morgan fingerprint density at radius 3 is 2.08 bits per heavy atom. The molecular formula is C33H35N3O. The van der Waals surface area contributed by atoms with Gasteiger partial charge in [0.05, 0.1) is 5.52 Å². The average molecular weight is 490 g/mol. The highest BCUT2D eigenvalue weighted by atomic mass is 16.5. The van der Waals surface area contributed by atoms with E-state index in [-0.39, 0.29) is 0 Å². The van der Waals surface area contributed by atoms with Gasteiger partial charge in [-0.3, -0.25) is 4.90 Å². The first-order valence-corrected chi connectivity index (χ1v) is 13.5. The standard InChI is InChI=1S/C33H35N3O/c1-3-10-26(11-4-1)24-35-21-18-28(19-22-35)34-20-23-37-32-17-9-16-31-33(32)29-14-7-8-15-30(29)36(31)25-27-12-5-2-6-13-27/h1-17,28,34H,18-25H2. The number of benzene rings is 4. The number of piperidine rings is 1. The number of aromatic nitrogens is 1. The molecule has 4 heteroatoms. The first kappa shape index (κ1) is 23.8. The molecule has 1 aromatic heterocycles. The highest BCUT2D eigenvalue weighted by Gasteiger charge is 2.19. The Kier molecular flexibility index (Phi) is 7.20. The van der Waals surface area contributed by atoms with E-state index in [1.165, 1.54) is 45.8 Å². The molecule has 6 rings (SSSR count). The molecule has 0 radical (unpaired) electrons. The van der Waals surface area contributed by atoms with Gasteiger partial charge in [0.25, 0.3) is 0 Å². The summed E-state index contributed by atoms with van der Waals surface area (Å²) >= 11 is 0. The zero-order valence-corrected chi connectivity index (χ0v) is 21.4. The van der Waals surface area contributed by atoms with Crippen molar-refractivity contribution >= 4 is 21.8 Å². The molecule has 0 amide bonds. The van der Waals surface area contributed by atoms with Crippen molar-refractivity contribution in [1.29, 1.82) is 0 Å². The molecule has 1 aliphatic heterocycles. The van der Waals surface area contributed by atoms with Crippen molar-refractivity contribution in [2.24, 2.45) is 0 Å². The summed E-state index contributed by atoms with van der Waals surface area (Å²) < 4.78 is 8.81. The summed E-state index contributed by atoms with van der Waals surface area (Å²) in [5.74, 6) is 0.972. The van der Waals surface area contributed by atoms with Crippen LogP contribution in [-0.2, 0) is 13.1 Å². The van der Waals surface area contributed by atoms with Crippen LogP contribution in [0.2, 0.25) is 0 Å². The average Bonchev–Trinajstić information content (AvgIpc) is 3.27. The van der Waals surface area contributed by atoms with Crippen molar-refractivity contribution in [3.63, 3.8) is 0 Å². The third kappa shape index (κ3) is 5.41. The second kappa shape index (κ2) is 11.2. The van der Waals surface area contributed by atoms with Crippen molar-refractivity contribution in [2.75, 3.05) is 26.2 Å². The van der Waals surface area contributed by atoms with E-state index in [4.69, 9.17) is 4.74 Å². The number of nitrogens with zero attached hydrogens (tertiary/aromatic N) is 2. The molecular weight excluding hydrogens is 454 g/mol. The number of likely N-dealkylation sites (tertiary alicyclic amines) is 1. The lowest BCUT2D eigenvalue weighted by Crippen LogP contribution is -2.43. The monoisotopic (exact) mass is 489 g/mol. The van der Waals surface area contributed by atoms with Crippen LogP contribution in [-0.4, -0.2) is 41.8 Å². The fraction of sp³-hybridized carbons (Fsp3) is 0.273. The van der Waals surface area contributed by atoms with E-state index in [2.05, 4.69) is 118 Å². The van der Waals surface area contributed by atoms with Gasteiger partial charge in [-0.05, 0) is 55.3 Å². The van der Waals surface area contributed by atoms with Crippen LogP contribution < -0.4 is 10.1 Å². The molecule has 1 fully saturated rings. The van der Waals surface area contributed by atoms with E-state index < -0.39 is 0 Å². The largest absolute Gasteiger partial charge is 0.492 e. The molecule has 0 aliphatic carbocycles. The Bertz CT molecular complexity index is 1440. The number of hydrogen-bond donors (Lipinski definition) is 1. The van der Waals surface area contributed by atoms with Gasteiger partial charge < -0.3 is 14.6 Å². The number of hydrogen-bond acceptors (Lipinski definition) is 3. The van der Waals surface area contributed by atoms with Crippen LogP contribution in [0.4, 0.5) is 0 Å². The first-order chi connectivity index (χ1) is 18.3. The molecule has 4 nitrogen and oxygen atoms in total. The van der Waals surface area contributed by atoms with Crippen molar-refractivity contribution in [3.8, 4) is 5.75 Å². The fourth-order valence-electron chi connectivity index (χ4n) is 5.68. The molecule has 37 heavy (non-hydrogen) atoms. The number of ether oxygens (including phenoxy) is 1. The summed E-state index contributed by atoms with van der Waals surface area (Å²) in [5, 5.41) is 6.21. The van der Waals surface area contributed by atoms with Crippen LogP contribution in [0.3, 0.4) is 0 Å². The minimum Gasteiger partial charge on any atom is -0.492 e. The Morgan fingerprint density at radius 1 is 0.676 bits per heavy atom. The molecule has 188 valence electrons. The molecule has 1 N–H and O–H groups in total. The zero-order valence-electron chi connectivity index (χ0n) is 21.4. The number of fused-ring (bicyclic) bond motifs is 3. The van der Waals surface area contributed by atoms with Crippen molar-refractivity contribution < 1.29 is 4.74 Å². The second-order valence-electron chi connectivity index (χ2n) is 10.1. The Labute approximate surface area is 219 Å². The van der Waals surface area contributed by atoms with Gasteiger partial charge in [0.2, 0.25) is 0 Å². The predicted molar refractivity (Wildman–Crippen MR) is 153 cm³/mol. The van der Waals surface area contributed by atoms with Gasteiger partial charge in [-0.25, -0.2) is 0 Å². The molecule has 0 saturated carbocycles. The van der Waals surface area contributed by atoms with Gasteiger partial charge in [0, 0.05) is 42.0 Å². The van der Waals surface area contributed by atoms with E-state index in [0.717, 1.165) is 38.5 Å². The van der Waals surface area contributed by atoms with Crippen LogP contribution in [0.25, 0.3) is 21.8 Å². The van der Waals surface area contributed by atoms with Crippen molar-refractivity contribution in [2.45, 2.75) is 32.0 Å². The van der Waals surface area contributed by atoms with Crippen molar-refractivity contribution in [3.05, 3.63) is 114 Å². The highest BCUT2D eigenvalue weighted by molar-refractivity contribution is 6.11. The third-order valence-electron chi connectivity index (χ3n) is 7.57. The summed E-state index contributed by atoms with van der Waals surface area (Å²) in [5.41, 5.74) is 5.18. The Morgan fingerprint density at radius 2 is 1.32 bits per heavy atom. The quantitative estimate of drug-likeness (QED) is 0.241. The van der Waals surface area contributed by atoms with Crippen LogP contribution in [0.15, 0.2) is 103 Å². The first-order valence-electron chi connectivity index (χ1n) is 13.5. The summed E-state index contributed by atoms with van der Waals surface area (Å²) in [6, 6.07) is 37.2. The predicted octanol–water partition coefficient (Wildman–Crippen LogP) is 6.48. The fourth-order valence-corrected chi connectivity index (χ4v) is 5.68. The van der Waals surface area contributed by atoms with E-state index in [9.17, 15) is 0 Å². The van der Waals surface area contributed by atoms with E-state index in [0.29, 0.717) is 12.6 Å². The smallest absolute Gasteiger partial charge is 0.129 e. The molecule has 0 bridgehead atoms. The van der Waals surface area contributed by atoms with Crippen LogP contribution in [0.5, 0.6) is 5.75 Å². The summed E-state index contributed by atoms with van der Waals surface area (Å²) in [4.78, 5) is 2.57. The van der Waals surface area contributed by atoms with Gasteiger partial charge in [-0.2, -0.15) is 0 Å². The number of para-hydroxylation sites is 1. The Hall–Kier alpha value is -3.60. The SMILES string of the molecule is c1ccc(CN2CCC(NCCOc3cccc4c3c3ccccc3n4Cc3ccccc3)CC2)cc1. The maximum Gasteiger partial charge on any atom is 0.129 e. The van der Waals surface area contributed by atoms with Gasteiger partial charge in [-0.15, -0.1) is 0 Å². The molecule has 1 saturated heterocycles. The van der Waals surface area contributed by atoms with Gasteiger partial charge in [-0.1, -0.05) is 84.9 Å². The maximum absolute atomic E-state index is 6.40. The van der Waals surface area contributed by atoms with Crippen LogP contribution >= 0.6 is 0 Å². The number of nitrogens with one attached hydrogen (secondary N) is 1. The summed E-state index contributed by atoms with van der Waals surface area (Å²) in [7, 11) is 0. The molecule has 4 aromatic carbocycles. The lowest BCUT2D eigenvalue weighted by Gasteiger charge is -2.32. The van der Waals surface area contributed by atoms with Gasteiger partial charge >= 0.3 is 0 Å². The third-order valence-corrected chi connectivity index (χ3v) is 7.57. The summed E-state index contributed by atoms with van der Waals surface area (Å²) in [6.07, 6.45) is 2.38. The number of rotatable bonds is 9. The molecule has 0 spiro atoms. The maximum atomic E-state index is 6.40. The van der Waals surface area contributed by atoms with Gasteiger partial charge in [0.15, 0.2) is 0 Å². The van der Waals surface area contributed by atoms with Crippen LogP contribution in [0.1, 0.15) is 24.0 Å². The molecule has 0 atom stereocenters. The molecule has 1 aliphatic rings. The van der Waals surface area contributed by atoms with Crippen LogP contribution in [0, 0.1) is 0 Å². The minimum absolute atomic E-state index is 0.569. The molecule has 5 aromatic rings. The minimum atomic E-state index is 0.569. The second-order valence-corrected chi connectivity index (χ2v) is 10.1. The van der Waals surface area contributed by atoms with E-state index >= 15 is 0 Å². The lowest BCUT2D eigenvalue weighted by molar-refractivity contribution is 0.186. The normalized spacial score (nSPS) is 14.9. The van der Waals surface area contributed by atoms with Gasteiger partial charge in [0.1, 0.15) is 12.4 Å². The van der Waals surface area contributed by atoms with E-state index in [1.807, 2.05) is 0 Å². The molecule has 2 heterocycles. The zero-order chi connectivity index (χ0) is 24.9. The summed E-state index contributed by atoms with van der Waals surface area (Å²) in [6.45, 7) is 5.72. The van der Waals surface area contributed by atoms with E-state index in [1.54, 1.807) is 0 Å². The lowest BCUT2D eigenvalue weighted by atomic mass is 10.0.